The SMILES string of the molecule is CCCc1c(C#N)c(-c2ccc([N+](=O)[O-])cc2)c(C#N)c(=O)n1/C=C/N[C@@H](C)CC. The maximum atomic E-state index is 13.1. The molecule has 1 atom stereocenters. The number of non-ortho nitro benzene ring substituents is 1. The van der Waals surface area contributed by atoms with Crippen LogP contribution in [0.1, 0.15) is 50.4 Å². The van der Waals surface area contributed by atoms with E-state index in [1.807, 2.05) is 26.8 Å². The number of benzene rings is 1. The Kier molecular flexibility index (Phi) is 7.49. The molecule has 2 rings (SSSR count). The number of hydrogen-bond acceptors (Lipinski definition) is 6. The summed E-state index contributed by atoms with van der Waals surface area (Å²) in [6.45, 7) is 5.96. The summed E-state index contributed by atoms with van der Waals surface area (Å²) < 4.78 is 1.34. The standard InChI is InChI=1S/C22H23N5O3/c1-4-6-20-18(13-23)21(16-7-9-17(10-8-16)27(29)30)19(14-24)22(28)26(20)12-11-25-15(3)5-2/h7-12,15,25H,4-6H2,1-3H3/b12-11+/t15-/m0/s1. The highest BCUT2D eigenvalue weighted by molar-refractivity contribution is 5.78. The first-order valence-corrected chi connectivity index (χ1v) is 9.68. The van der Waals surface area contributed by atoms with Crippen molar-refractivity contribution in [2.45, 2.75) is 46.1 Å². The van der Waals surface area contributed by atoms with Crippen molar-refractivity contribution in [3.8, 4) is 23.3 Å². The minimum atomic E-state index is -0.532. The average molecular weight is 405 g/mol. The van der Waals surface area contributed by atoms with E-state index in [4.69, 9.17) is 0 Å². The Morgan fingerprint density at radius 2 is 1.83 bits per heavy atom. The zero-order valence-corrected chi connectivity index (χ0v) is 17.2. The van der Waals surface area contributed by atoms with E-state index in [0.717, 1.165) is 6.42 Å². The minimum absolute atomic E-state index is 0.114. The molecule has 0 radical (unpaired) electrons. The molecule has 0 amide bonds. The van der Waals surface area contributed by atoms with Crippen LogP contribution in [0.5, 0.6) is 0 Å². The Hall–Kier alpha value is -3.91. The van der Waals surface area contributed by atoms with E-state index < -0.39 is 10.5 Å². The first-order chi connectivity index (χ1) is 14.4. The topological polar surface area (TPSA) is 125 Å². The van der Waals surface area contributed by atoms with Gasteiger partial charge in [0.1, 0.15) is 17.7 Å². The van der Waals surface area contributed by atoms with Crippen molar-refractivity contribution >= 4 is 11.9 Å². The van der Waals surface area contributed by atoms with Gasteiger partial charge in [0.2, 0.25) is 0 Å². The van der Waals surface area contributed by atoms with E-state index >= 15 is 0 Å². The van der Waals surface area contributed by atoms with Crippen LogP contribution in [0.15, 0.2) is 35.3 Å². The summed E-state index contributed by atoms with van der Waals surface area (Å²) in [4.78, 5) is 23.5. The molecule has 8 heteroatoms. The summed E-state index contributed by atoms with van der Waals surface area (Å²) in [7, 11) is 0. The van der Waals surface area contributed by atoms with E-state index in [-0.39, 0.29) is 28.4 Å². The quantitative estimate of drug-likeness (QED) is 0.524. The maximum Gasteiger partial charge on any atom is 0.273 e. The second-order valence-corrected chi connectivity index (χ2v) is 6.82. The molecule has 0 fully saturated rings. The van der Waals surface area contributed by atoms with E-state index in [9.17, 15) is 25.4 Å². The molecule has 0 saturated heterocycles. The monoisotopic (exact) mass is 405 g/mol. The molecule has 0 bridgehead atoms. The van der Waals surface area contributed by atoms with Crippen LogP contribution >= 0.6 is 0 Å². The molecule has 0 aliphatic heterocycles. The molecule has 1 N–H and O–H groups in total. The van der Waals surface area contributed by atoms with Crippen molar-refractivity contribution in [2.75, 3.05) is 0 Å². The van der Waals surface area contributed by atoms with Gasteiger partial charge in [-0.2, -0.15) is 10.5 Å². The van der Waals surface area contributed by atoms with Crippen molar-refractivity contribution in [1.82, 2.24) is 9.88 Å². The minimum Gasteiger partial charge on any atom is -0.387 e. The largest absolute Gasteiger partial charge is 0.387 e. The van der Waals surface area contributed by atoms with Crippen LogP contribution in [0.4, 0.5) is 5.69 Å². The Morgan fingerprint density at radius 1 is 1.20 bits per heavy atom. The third-order valence-corrected chi connectivity index (χ3v) is 4.81. The number of aromatic nitrogens is 1. The van der Waals surface area contributed by atoms with Gasteiger partial charge in [0.25, 0.3) is 11.2 Å². The molecule has 2 aromatic rings. The molecule has 154 valence electrons. The summed E-state index contributed by atoms with van der Waals surface area (Å²) in [5.74, 6) is 0. The second kappa shape index (κ2) is 10.0. The van der Waals surface area contributed by atoms with Crippen molar-refractivity contribution in [3.05, 3.63) is 67.8 Å². The number of nitriles is 2. The summed E-state index contributed by atoms with van der Waals surface area (Å²) >= 11 is 0. The lowest BCUT2D eigenvalue weighted by Gasteiger charge is -2.16. The number of nitrogens with zero attached hydrogens (tertiary/aromatic N) is 4. The van der Waals surface area contributed by atoms with Gasteiger partial charge in [-0.3, -0.25) is 19.5 Å². The van der Waals surface area contributed by atoms with Crippen molar-refractivity contribution < 1.29 is 4.92 Å². The Labute approximate surface area is 174 Å². The van der Waals surface area contributed by atoms with Crippen LogP contribution < -0.4 is 10.9 Å². The predicted molar refractivity (Wildman–Crippen MR) is 114 cm³/mol. The van der Waals surface area contributed by atoms with Gasteiger partial charge in [-0.1, -0.05) is 20.3 Å². The van der Waals surface area contributed by atoms with Gasteiger partial charge in [-0.05, 0) is 37.5 Å². The molecule has 0 aliphatic rings. The first-order valence-electron chi connectivity index (χ1n) is 9.68. The van der Waals surface area contributed by atoms with Crippen LogP contribution in [-0.4, -0.2) is 15.5 Å². The molecule has 1 aromatic carbocycles. The number of nitrogens with one attached hydrogen (secondary N) is 1. The van der Waals surface area contributed by atoms with Crippen molar-refractivity contribution in [2.24, 2.45) is 0 Å². The Morgan fingerprint density at radius 3 is 2.33 bits per heavy atom. The van der Waals surface area contributed by atoms with Crippen LogP contribution in [0.2, 0.25) is 0 Å². The van der Waals surface area contributed by atoms with Gasteiger partial charge >= 0.3 is 0 Å². The fourth-order valence-electron chi connectivity index (χ4n) is 3.04. The summed E-state index contributed by atoms with van der Waals surface area (Å²) in [6, 6.07) is 9.75. The molecule has 8 nitrogen and oxygen atoms in total. The summed E-state index contributed by atoms with van der Waals surface area (Å²) in [6.07, 6.45) is 5.22. The Balaban J connectivity index is 2.78. The second-order valence-electron chi connectivity index (χ2n) is 6.82. The molecule has 30 heavy (non-hydrogen) atoms. The van der Waals surface area contributed by atoms with Gasteiger partial charge in [0.05, 0.1) is 10.5 Å². The van der Waals surface area contributed by atoms with Gasteiger partial charge < -0.3 is 5.32 Å². The number of rotatable bonds is 8. The van der Waals surface area contributed by atoms with Crippen molar-refractivity contribution in [3.63, 3.8) is 0 Å². The lowest BCUT2D eigenvalue weighted by atomic mass is 9.93. The normalized spacial score (nSPS) is 11.6. The van der Waals surface area contributed by atoms with Crippen LogP contribution in [-0.2, 0) is 6.42 Å². The lowest BCUT2D eigenvalue weighted by Crippen LogP contribution is -2.26. The molecule has 0 unspecified atom stereocenters. The van der Waals surface area contributed by atoms with Crippen LogP contribution in [0.3, 0.4) is 0 Å². The summed E-state index contributed by atoms with van der Waals surface area (Å²) in [5, 5.41) is 33.7. The number of nitro benzene ring substituents is 1. The summed E-state index contributed by atoms with van der Waals surface area (Å²) in [5.41, 5.74) is 0.524. The number of nitro groups is 1. The third-order valence-electron chi connectivity index (χ3n) is 4.81. The predicted octanol–water partition coefficient (Wildman–Crippen LogP) is 3.94. The average Bonchev–Trinajstić information content (AvgIpc) is 2.75. The highest BCUT2D eigenvalue weighted by atomic mass is 16.6. The third kappa shape index (κ3) is 4.56. The van der Waals surface area contributed by atoms with Crippen LogP contribution in [0, 0.1) is 32.8 Å². The fraction of sp³-hybridized carbons (Fsp3) is 0.318. The maximum absolute atomic E-state index is 13.1. The molecule has 0 spiro atoms. The Bertz CT molecular complexity index is 1100. The first kappa shape index (κ1) is 22.4. The zero-order chi connectivity index (χ0) is 22.3. The van der Waals surface area contributed by atoms with Crippen molar-refractivity contribution in [1.29, 1.82) is 10.5 Å². The molecule has 0 saturated carbocycles. The van der Waals surface area contributed by atoms with Gasteiger partial charge in [0, 0.05) is 41.8 Å². The molecule has 1 aromatic heterocycles. The smallest absolute Gasteiger partial charge is 0.273 e. The molecular formula is C22H23N5O3. The number of pyridine rings is 1. The molecule has 1 heterocycles. The van der Waals surface area contributed by atoms with E-state index in [0.29, 0.717) is 24.1 Å². The molecule has 0 aliphatic carbocycles. The fourth-order valence-corrected chi connectivity index (χ4v) is 3.04. The van der Waals surface area contributed by atoms with E-state index in [1.165, 1.54) is 28.8 Å². The molecular weight excluding hydrogens is 382 g/mol. The van der Waals surface area contributed by atoms with Gasteiger partial charge in [-0.25, -0.2) is 0 Å². The van der Waals surface area contributed by atoms with Gasteiger partial charge in [0.15, 0.2) is 0 Å². The lowest BCUT2D eigenvalue weighted by molar-refractivity contribution is -0.384. The highest BCUT2D eigenvalue weighted by Gasteiger charge is 2.22. The van der Waals surface area contributed by atoms with E-state index in [2.05, 4.69) is 11.4 Å². The number of hydrogen-bond donors (Lipinski definition) is 1. The van der Waals surface area contributed by atoms with E-state index in [1.54, 1.807) is 12.4 Å². The van der Waals surface area contributed by atoms with Crippen LogP contribution in [0.25, 0.3) is 17.3 Å². The highest BCUT2D eigenvalue weighted by Crippen LogP contribution is 2.30. The van der Waals surface area contributed by atoms with Gasteiger partial charge in [-0.15, -0.1) is 0 Å². The zero-order valence-electron chi connectivity index (χ0n) is 17.2.